The molecule has 6 heteroatoms. The van der Waals surface area contributed by atoms with Crippen molar-refractivity contribution in [1.29, 1.82) is 0 Å². The molecule has 0 atom stereocenters. The summed E-state index contributed by atoms with van der Waals surface area (Å²) in [5.41, 5.74) is -0.0368. The molecule has 2 N–H and O–H groups in total. The second-order valence-corrected chi connectivity index (χ2v) is 3.49. The predicted molar refractivity (Wildman–Crippen MR) is 57.6 cm³/mol. The minimum Gasteiger partial charge on any atom is -0.319 e. The molecule has 0 unspecified atom stereocenters. The highest BCUT2D eigenvalue weighted by atomic mass is 19.1. The van der Waals surface area contributed by atoms with Crippen LogP contribution < -0.4 is 5.32 Å². The number of aromatic nitrogens is 2. The van der Waals surface area contributed by atoms with Gasteiger partial charge in [0.1, 0.15) is 17.2 Å². The first-order chi connectivity index (χ1) is 8.09. The van der Waals surface area contributed by atoms with Crippen molar-refractivity contribution >= 4 is 11.6 Å². The number of anilines is 1. The Bertz CT molecular complexity index is 552. The molecular weight excluding hydrogens is 228 g/mol. The summed E-state index contributed by atoms with van der Waals surface area (Å²) < 4.78 is 27.0. The van der Waals surface area contributed by atoms with Crippen LogP contribution in [-0.4, -0.2) is 16.1 Å². The number of benzene rings is 1. The van der Waals surface area contributed by atoms with Crippen molar-refractivity contribution in [3.05, 3.63) is 47.3 Å². The van der Waals surface area contributed by atoms with Gasteiger partial charge in [0.15, 0.2) is 0 Å². The van der Waals surface area contributed by atoms with Crippen molar-refractivity contribution < 1.29 is 13.6 Å². The number of aryl methyl sites for hydroxylation is 1. The van der Waals surface area contributed by atoms with E-state index in [2.05, 4.69) is 15.5 Å². The highest BCUT2D eigenvalue weighted by molar-refractivity contribution is 6.04. The first-order valence-corrected chi connectivity index (χ1v) is 4.84. The third kappa shape index (κ3) is 2.15. The number of rotatable bonds is 2. The number of H-pyrrole nitrogens is 1. The maximum atomic E-state index is 13.6. The van der Waals surface area contributed by atoms with Crippen LogP contribution in [0.5, 0.6) is 0 Å². The number of nitrogens with zero attached hydrogens (tertiary/aromatic N) is 1. The van der Waals surface area contributed by atoms with Crippen LogP contribution in [0.25, 0.3) is 0 Å². The van der Waals surface area contributed by atoms with Crippen LogP contribution >= 0.6 is 0 Å². The van der Waals surface area contributed by atoms with Gasteiger partial charge in [0, 0.05) is 6.20 Å². The minimum atomic E-state index is -0.894. The smallest absolute Gasteiger partial charge is 0.261 e. The molecule has 17 heavy (non-hydrogen) atoms. The molecule has 88 valence electrons. The number of nitrogens with one attached hydrogen (secondary N) is 2. The van der Waals surface area contributed by atoms with Crippen LogP contribution in [0, 0.1) is 18.6 Å². The van der Waals surface area contributed by atoms with Gasteiger partial charge in [0.25, 0.3) is 5.91 Å². The van der Waals surface area contributed by atoms with Gasteiger partial charge in [-0.3, -0.25) is 9.89 Å². The number of hydrogen-bond acceptors (Lipinski definition) is 2. The molecule has 0 fully saturated rings. The number of carbonyl (C=O) groups excluding carboxylic acids is 1. The van der Waals surface area contributed by atoms with Gasteiger partial charge >= 0.3 is 0 Å². The quantitative estimate of drug-likeness (QED) is 0.841. The van der Waals surface area contributed by atoms with E-state index < -0.39 is 23.1 Å². The van der Waals surface area contributed by atoms with E-state index in [1.54, 1.807) is 0 Å². The van der Waals surface area contributed by atoms with Gasteiger partial charge in [-0.15, -0.1) is 0 Å². The average molecular weight is 237 g/mol. The summed E-state index contributed by atoms with van der Waals surface area (Å²) in [6.45, 7) is 1.46. The largest absolute Gasteiger partial charge is 0.319 e. The zero-order valence-electron chi connectivity index (χ0n) is 8.92. The predicted octanol–water partition coefficient (Wildman–Crippen LogP) is 2.25. The maximum Gasteiger partial charge on any atom is 0.261 e. The third-order valence-corrected chi connectivity index (χ3v) is 2.27. The fourth-order valence-electron chi connectivity index (χ4n) is 1.38. The molecule has 1 amide bonds. The first-order valence-electron chi connectivity index (χ1n) is 4.84. The molecule has 4 nitrogen and oxygen atoms in total. The van der Waals surface area contributed by atoms with E-state index in [1.165, 1.54) is 25.4 Å². The summed E-state index contributed by atoms with van der Waals surface area (Å²) >= 11 is 0. The highest BCUT2D eigenvalue weighted by Crippen LogP contribution is 2.17. The number of halogens is 2. The molecule has 1 aromatic heterocycles. The molecule has 1 aromatic carbocycles. The molecule has 0 aliphatic carbocycles. The van der Waals surface area contributed by atoms with E-state index in [0.29, 0.717) is 5.69 Å². The Labute approximate surface area is 95.7 Å². The Balaban J connectivity index is 2.34. The van der Waals surface area contributed by atoms with Gasteiger partial charge in [-0.1, -0.05) is 6.07 Å². The monoisotopic (exact) mass is 237 g/mol. The molecule has 0 bridgehead atoms. The molecule has 0 saturated heterocycles. The molecule has 1 heterocycles. The van der Waals surface area contributed by atoms with Crippen LogP contribution in [0.3, 0.4) is 0 Å². The van der Waals surface area contributed by atoms with Crippen LogP contribution in [0.4, 0.5) is 14.5 Å². The summed E-state index contributed by atoms with van der Waals surface area (Å²) in [7, 11) is 0. The summed E-state index contributed by atoms with van der Waals surface area (Å²) in [6.07, 6.45) is 2.74. The molecule has 0 saturated carbocycles. The Morgan fingerprint density at radius 2 is 2.18 bits per heavy atom. The lowest BCUT2D eigenvalue weighted by Crippen LogP contribution is -2.16. The standard InChI is InChI=1S/C11H9F2N3O/c1-6-2-3-8(12)9(10(6)13)11(17)16-7-4-14-15-5-7/h2-5H,1H3,(H,14,15)(H,16,17). The molecule has 2 aromatic rings. The molecular formula is C11H9F2N3O. The molecule has 0 aliphatic rings. The molecule has 0 spiro atoms. The van der Waals surface area contributed by atoms with E-state index in [9.17, 15) is 13.6 Å². The Morgan fingerprint density at radius 1 is 1.41 bits per heavy atom. The van der Waals surface area contributed by atoms with Gasteiger partial charge in [0.05, 0.1) is 11.9 Å². The summed E-state index contributed by atoms with van der Waals surface area (Å²) in [5.74, 6) is -2.59. The van der Waals surface area contributed by atoms with Crippen LogP contribution in [0.1, 0.15) is 15.9 Å². The average Bonchev–Trinajstić information content (AvgIpc) is 2.77. The molecule has 2 rings (SSSR count). The van der Waals surface area contributed by atoms with Crippen LogP contribution in [-0.2, 0) is 0 Å². The van der Waals surface area contributed by atoms with E-state index in [0.717, 1.165) is 6.07 Å². The van der Waals surface area contributed by atoms with Crippen LogP contribution in [0.15, 0.2) is 24.5 Å². The van der Waals surface area contributed by atoms with E-state index in [4.69, 9.17) is 0 Å². The van der Waals surface area contributed by atoms with Gasteiger partial charge < -0.3 is 5.32 Å². The summed E-state index contributed by atoms with van der Waals surface area (Å²) in [6, 6.07) is 2.34. The number of amides is 1. The van der Waals surface area contributed by atoms with E-state index >= 15 is 0 Å². The van der Waals surface area contributed by atoms with Crippen molar-refractivity contribution in [2.24, 2.45) is 0 Å². The lowest BCUT2D eigenvalue weighted by atomic mass is 10.1. The van der Waals surface area contributed by atoms with E-state index in [1.807, 2.05) is 0 Å². The zero-order chi connectivity index (χ0) is 12.4. The van der Waals surface area contributed by atoms with Gasteiger partial charge in [-0.05, 0) is 18.6 Å². The number of aromatic amines is 1. The fraction of sp³-hybridized carbons (Fsp3) is 0.0909. The van der Waals surface area contributed by atoms with Gasteiger partial charge in [-0.25, -0.2) is 8.78 Å². The second-order valence-electron chi connectivity index (χ2n) is 3.49. The number of carbonyl (C=O) groups is 1. The van der Waals surface area contributed by atoms with Crippen molar-refractivity contribution in [3.8, 4) is 0 Å². The third-order valence-electron chi connectivity index (χ3n) is 2.27. The molecule has 0 radical (unpaired) electrons. The Hall–Kier alpha value is -2.24. The summed E-state index contributed by atoms with van der Waals surface area (Å²) in [5, 5.41) is 8.41. The normalized spacial score (nSPS) is 10.3. The van der Waals surface area contributed by atoms with Crippen molar-refractivity contribution in [1.82, 2.24) is 10.2 Å². The first kappa shape index (κ1) is 11.3. The Kier molecular flexibility index (Phi) is 2.86. The highest BCUT2D eigenvalue weighted by Gasteiger charge is 2.19. The van der Waals surface area contributed by atoms with Crippen molar-refractivity contribution in [3.63, 3.8) is 0 Å². The van der Waals surface area contributed by atoms with E-state index in [-0.39, 0.29) is 5.56 Å². The second kappa shape index (κ2) is 4.32. The van der Waals surface area contributed by atoms with Gasteiger partial charge in [0.2, 0.25) is 0 Å². The Morgan fingerprint density at radius 3 is 2.82 bits per heavy atom. The summed E-state index contributed by atoms with van der Waals surface area (Å²) in [4.78, 5) is 11.7. The zero-order valence-corrected chi connectivity index (χ0v) is 8.92. The lowest BCUT2D eigenvalue weighted by molar-refractivity contribution is 0.101. The van der Waals surface area contributed by atoms with Crippen LogP contribution in [0.2, 0.25) is 0 Å². The van der Waals surface area contributed by atoms with Crippen molar-refractivity contribution in [2.75, 3.05) is 5.32 Å². The minimum absolute atomic E-state index is 0.212. The maximum absolute atomic E-state index is 13.6. The lowest BCUT2D eigenvalue weighted by Gasteiger charge is -2.06. The van der Waals surface area contributed by atoms with Crippen molar-refractivity contribution in [2.45, 2.75) is 6.92 Å². The molecule has 0 aliphatic heterocycles. The number of hydrogen-bond donors (Lipinski definition) is 2. The topological polar surface area (TPSA) is 57.8 Å². The fourth-order valence-corrected chi connectivity index (χ4v) is 1.38. The van der Waals surface area contributed by atoms with Gasteiger partial charge in [-0.2, -0.15) is 5.10 Å². The SMILES string of the molecule is Cc1ccc(F)c(C(=O)Nc2cn[nH]c2)c1F.